The third-order valence-electron chi connectivity index (χ3n) is 2.54. The van der Waals surface area contributed by atoms with Crippen molar-refractivity contribution in [1.29, 1.82) is 0 Å². The first-order valence-electron chi connectivity index (χ1n) is 5.30. The molecular formula is C12H16F2N2O. The zero-order chi connectivity index (χ0) is 13.2. The van der Waals surface area contributed by atoms with Gasteiger partial charge in [0.05, 0.1) is 0 Å². The summed E-state index contributed by atoms with van der Waals surface area (Å²) in [6.07, 6.45) is 0. The summed E-state index contributed by atoms with van der Waals surface area (Å²) in [5.41, 5.74) is 3.76. The minimum Gasteiger partial charge on any atom is -0.368 e. The highest BCUT2D eigenvalue weighted by molar-refractivity contribution is 5.85. The first-order chi connectivity index (χ1) is 7.77. The number of nitrogens with one attached hydrogen (secondary N) is 1. The Balaban J connectivity index is 3.31. The number of hydrogen-bond donors (Lipinski definition) is 2. The molecular weight excluding hydrogens is 226 g/mol. The molecule has 0 aliphatic heterocycles. The van der Waals surface area contributed by atoms with Gasteiger partial charge in [-0.15, -0.1) is 0 Å². The normalized spacial score (nSPS) is 14.7. The molecule has 0 saturated carbocycles. The number of carbonyl (C=O) groups is 1. The Morgan fingerprint density at radius 2 is 2.00 bits per heavy atom. The van der Waals surface area contributed by atoms with Crippen LogP contribution in [-0.2, 0) is 10.3 Å². The first kappa shape index (κ1) is 13.6. The summed E-state index contributed by atoms with van der Waals surface area (Å²) in [4.78, 5) is 11.5. The molecule has 1 atom stereocenters. The Labute approximate surface area is 99.0 Å². The average Bonchev–Trinajstić information content (AvgIpc) is 2.20. The van der Waals surface area contributed by atoms with Crippen LogP contribution in [0.5, 0.6) is 0 Å². The van der Waals surface area contributed by atoms with Crippen LogP contribution in [0.4, 0.5) is 8.78 Å². The van der Waals surface area contributed by atoms with Gasteiger partial charge in [-0.25, -0.2) is 8.78 Å². The predicted molar refractivity (Wildman–Crippen MR) is 61.2 cm³/mol. The van der Waals surface area contributed by atoms with Crippen LogP contribution in [0.1, 0.15) is 26.3 Å². The van der Waals surface area contributed by atoms with Crippen LogP contribution in [0.3, 0.4) is 0 Å². The number of amides is 1. The minimum atomic E-state index is -1.43. The number of nitrogens with two attached hydrogens (primary N) is 1. The van der Waals surface area contributed by atoms with Crippen LogP contribution in [0, 0.1) is 11.6 Å². The molecule has 94 valence electrons. The Morgan fingerprint density at radius 1 is 1.41 bits per heavy atom. The van der Waals surface area contributed by atoms with Crippen molar-refractivity contribution in [2.75, 3.05) is 0 Å². The van der Waals surface area contributed by atoms with E-state index in [1.165, 1.54) is 6.92 Å². The summed E-state index contributed by atoms with van der Waals surface area (Å²) < 4.78 is 26.8. The highest BCUT2D eigenvalue weighted by atomic mass is 19.1. The lowest BCUT2D eigenvalue weighted by Gasteiger charge is -2.30. The van der Waals surface area contributed by atoms with Crippen molar-refractivity contribution >= 4 is 5.91 Å². The van der Waals surface area contributed by atoms with E-state index in [4.69, 9.17) is 5.73 Å². The second-order valence-corrected chi connectivity index (χ2v) is 4.41. The predicted octanol–water partition coefficient (Wildman–Crippen LogP) is 1.66. The van der Waals surface area contributed by atoms with Crippen LogP contribution in [0.15, 0.2) is 18.2 Å². The van der Waals surface area contributed by atoms with Crippen molar-refractivity contribution in [3.8, 4) is 0 Å². The topological polar surface area (TPSA) is 55.1 Å². The van der Waals surface area contributed by atoms with Gasteiger partial charge >= 0.3 is 0 Å². The Bertz CT molecular complexity index is 435. The molecule has 3 N–H and O–H groups in total. The molecule has 0 radical (unpaired) electrons. The van der Waals surface area contributed by atoms with Gasteiger partial charge in [0.2, 0.25) is 5.91 Å². The molecule has 1 amide bonds. The Kier molecular flexibility index (Phi) is 3.83. The summed E-state index contributed by atoms with van der Waals surface area (Å²) in [5, 5.41) is 2.86. The molecule has 1 rings (SSSR count). The zero-order valence-electron chi connectivity index (χ0n) is 10.1. The van der Waals surface area contributed by atoms with Crippen LogP contribution in [0.25, 0.3) is 0 Å². The van der Waals surface area contributed by atoms with Gasteiger partial charge in [-0.2, -0.15) is 0 Å². The molecule has 1 unspecified atom stereocenters. The van der Waals surface area contributed by atoms with Crippen molar-refractivity contribution in [2.45, 2.75) is 32.4 Å². The zero-order valence-corrected chi connectivity index (χ0v) is 10.1. The quantitative estimate of drug-likeness (QED) is 0.843. The second kappa shape index (κ2) is 4.79. The largest absolute Gasteiger partial charge is 0.368 e. The highest BCUT2D eigenvalue weighted by Gasteiger charge is 2.36. The molecule has 0 fully saturated rings. The van der Waals surface area contributed by atoms with Gasteiger partial charge in [0.1, 0.15) is 17.2 Å². The number of rotatable bonds is 4. The van der Waals surface area contributed by atoms with Crippen molar-refractivity contribution < 1.29 is 13.6 Å². The summed E-state index contributed by atoms with van der Waals surface area (Å²) in [6.45, 7) is 5.02. The van der Waals surface area contributed by atoms with Crippen molar-refractivity contribution in [1.82, 2.24) is 5.32 Å². The SMILES string of the molecule is CC(C)NC(C)(C(N)=O)c1cc(F)ccc1F. The Morgan fingerprint density at radius 3 is 2.47 bits per heavy atom. The lowest BCUT2D eigenvalue weighted by molar-refractivity contribution is -0.124. The fraction of sp³-hybridized carbons (Fsp3) is 0.417. The van der Waals surface area contributed by atoms with E-state index >= 15 is 0 Å². The molecule has 1 aromatic rings. The van der Waals surface area contributed by atoms with E-state index in [0.717, 1.165) is 18.2 Å². The lowest BCUT2D eigenvalue weighted by Crippen LogP contribution is -2.53. The summed E-state index contributed by atoms with van der Waals surface area (Å²) in [7, 11) is 0. The third-order valence-corrected chi connectivity index (χ3v) is 2.54. The molecule has 5 heteroatoms. The molecule has 3 nitrogen and oxygen atoms in total. The van der Waals surface area contributed by atoms with Gasteiger partial charge in [0.25, 0.3) is 0 Å². The second-order valence-electron chi connectivity index (χ2n) is 4.41. The molecule has 0 aliphatic carbocycles. The van der Waals surface area contributed by atoms with Gasteiger partial charge in [0, 0.05) is 11.6 Å². The molecule has 0 saturated heterocycles. The molecule has 17 heavy (non-hydrogen) atoms. The molecule has 0 aromatic heterocycles. The molecule has 0 bridgehead atoms. The molecule has 0 aliphatic rings. The van der Waals surface area contributed by atoms with E-state index < -0.39 is 23.1 Å². The smallest absolute Gasteiger partial charge is 0.242 e. The van der Waals surface area contributed by atoms with E-state index in [1.54, 1.807) is 13.8 Å². The maximum absolute atomic E-state index is 13.7. The maximum Gasteiger partial charge on any atom is 0.242 e. The molecule has 0 heterocycles. The summed E-state index contributed by atoms with van der Waals surface area (Å²) in [6, 6.07) is 2.86. The summed E-state index contributed by atoms with van der Waals surface area (Å²) in [5.74, 6) is -2.03. The fourth-order valence-electron chi connectivity index (χ4n) is 1.74. The number of primary amides is 1. The van der Waals surface area contributed by atoms with Gasteiger partial charge < -0.3 is 5.73 Å². The molecule has 1 aromatic carbocycles. The monoisotopic (exact) mass is 242 g/mol. The van der Waals surface area contributed by atoms with Crippen molar-refractivity contribution in [3.05, 3.63) is 35.4 Å². The third kappa shape index (κ3) is 2.79. The van der Waals surface area contributed by atoms with E-state index in [1.807, 2.05) is 0 Å². The first-order valence-corrected chi connectivity index (χ1v) is 5.30. The lowest BCUT2D eigenvalue weighted by atomic mass is 9.90. The van der Waals surface area contributed by atoms with Gasteiger partial charge in [-0.05, 0) is 39.0 Å². The summed E-state index contributed by atoms with van der Waals surface area (Å²) >= 11 is 0. The number of carbonyl (C=O) groups excluding carboxylic acids is 1. The maximum atomic E-state index is 13.7. The fourth-order valence-corrected chi connectivity index (χ4v) is 1.74. The van der Waals surface area contributed by atoms with Gasteiger partial charge in [-0.1, -0.05) is 0 Å². The van der Waals surface area contributed by atoms with E-state index in [0.29, 0.717) is 0 Å². The van der Waals surface area contributed by atoms with Crippen LogP contribution < -0.4 is 11.1 Å². The van der Waals surface area contributed by atoms with Crippen LogP contribution >= 0.6 is 0 Å². The van der Waals surface area contributed by atoms with E-state index in [2.05, 4.69) is 5.32 Å². The standard InChI is InChI=1S/C12H16F2N2O/c1-7(2)16-12(3,11(15)17)9-6-8(13)4-5-10(9)14/h4-7,16H,1-3H3,(H2,15,17). The Hall–Kier alpha value is -1.49. The minimum absolute atomic E-state index is 0.0845. The van der Waals surface area contributed by atoms with Gasteiger partial charge in [-0.3, -0.25) is 10.1 Å². The van der Waals surface area contributed by atoms with Crippen molar-refractivity contribution in [3.63, 3.8) is 0 Å². The highest BCUT2D eigenvalue weighted by Crippen LogP contribution is 2.25. The number of benzene rings is 1. The van der Waals surface area contributed by atoms with Gasteiger partial charge in [0.15, 0.2) is 0 Å². The van der Waals surface area contributed by atoms with E-state index in [9.17, 15) is 13.6 Å². The van der Waals surface area contributed by atoms with E-state index in [-0.39, 0.29) is 11.6 Å². The number of hydrogen-bond acceptors (Lipinski definition) is 2. The van der Waals surface area contributed by atoms with Crippen molar-refractivity contribution in [2.24, 2.45) is 5.73 Å². The van der Waals surface area contributed by atoms with Crippen LogP contribution in [0.2, 0.25) is 0 Å². The molecule has 0 spiro atoms. The number of halogens is 2. The average molecular weight is 242 g/mol. The van der Waals surface area contributed by atoms with Crippen LogP contribution in [-0.4, -0.2) is 11.9 Å².